The van der Waals surface area contributed by atoms with E-state index in [2.05, 4.69) is 10.6 Å². The van der Waals surface area contributed by atoms with Crippen LogP contribution in [0.3, 0.4) is 0 Å². The predicted octanol–water partition coefficient (Wildman–Crippen LogP) is 4.14. The first kappa shape index (κ1) is 17.3. The Kier molecular flexibility index (Phi) is 6.02. The molecule has 0 bridgehead atoms. The number of carbonyl (C=O) groups is 2. The molecule has 0 unspecified atom stereocenters. The smallest absolute Gasteiger partial charge is 0.251 e. The van der Waals surface area contributed by atoms with E-state index in [1.165, 1.54) is 0 Å². The lowest BCUT2D eigenvalue weighted by atomic mass is 10.1. The van der Waals surface area contributed by atoms with E-state index in [4.69, 9.17) is 23.2 Å². The van der Waals surface area contributed by atoms with Gasteiger partial charge in [0.25, 0.3) is 5.91 Å². The quantitative estimate of drug-likeness (QED) is 0.851. The van der Waals surface area contributed by atoms with Gasteiger partial charge in [-0.05, 0) is 37.3 Å². The molecule has 23 heavy (non-hydrogen) atoms. The highest BCUT2D eigenvalue weighted by Crippen LogP contribution is 2.22. The van der Waals surface area contributed by atoms with Crippen molar-refractivity contribution in [2.24, 2.45) is 0 Å². The lowest BCUT2D eigenvalue weighted by Crippen LogP contribution is -2.35. The number of carbonyl (C=O) groups excluding carboxylic acids is 2. The highest BCUT2D eigenvalue weighted by molar-refractivity contribution is 6.35. The van der Waals surface area contributed by atoms with E-state index >= 15 is 0 Å². The van der Waals surface area contributed by atoms with Gasteiger partial charge in [0.05, 0.1) is 0 Å². The molecule has 0 aliphatic rings. The summed E-state index contributed by atoms with van der Waals surface area (Å²) in [6.07, 6.45) is 0.142. The summed E-state index contributed by atoms with van der Waals surface area (Å²) in [4.78, 5) is 24.0. The molecule has 2 rings (SSSR count). The van der Waals surface area contributed by atoms with Gasteiger partial charge in [-0.25, -0.2) is 0 Å². The highest BCUT2D eigenvalue weighted by Gasteiger charge is 2.13. The second-order valence-electron chi connectivity index (χ2n) is 5.15. The van der Waals surface area contributed by atoms with Crippen LogP contribution < -0.4 is 10.6 Å². The van der Waals surface area contributed by atoms with Crippen LogP contribution in [-0.2, 0) is 4.79 Å². The number of amides is 2. The van der Waals surface area contributed by atoms with Gasteiger partial charge in [0.1, 0.15) is 0 Å². The molecule has 2 aromatic rings. The third kappa shape index (κ3) is 5.58. The molecule has 120 valence electrons. The van der Waals surface area contributed by atoms with E-state index in [0.29, 0.717) is 21.3 Å². The Morgan fingerprint density at radius 3 is 2.26 bits per heavy atom. The predicted molar refractivity (Wildman–Crippen MR) is 93.1 cm³/mol. The number of anilines is 1. The zero-order chi connectivity index (χ0) is 16.8. The molecule has 2 aromatic carbocycles. The molecule has 4 nitrogen and oxygen atoms in total. The van der Waals surface area contributed by atoms with E-state index in [0.717, 1.165) is 0 Å². The van der Waals surface area contributed by atoms with Gasteiger partial charge in [-0.1, -0.05) is 41.4 Å². The maximum atomic E-state index is 12.0. The molecule has 0 spiro atoms. The molecule has 0 aliphatic heterocycles. The van der Waals surface area contributed by atoms with Crippen LogP contribution in [0.4, 0.5) is 5.69 Å². The topological polar surface area (TPSA) is 58.2 Å². The number of nitrogens with one attached hydrogen (secondary N) is 2. The van der Waals surface area contributed by atoms with Crippen LogP contribution in [-0.4, -0.2) is 17.9 Å². The van der Waals surface area contributed by atoms with Crippen molar-refractivity contribution in [2.45, 2.75) is 19.4 Å². The third-order valence-corrected chi connectivity index (χ3v) is 3.49. The summed E-state index contributed by atoms with van der Waals surface area (Å²) < 4.78 is 0. The fraction of sp³-hybridized carbons (Fsp3) is 0.176. The minimum Gasteiger partial charge on any atom is -0.349 e. The second-order valence-corrected chi connectivity index (χ2v) is 6.02. The van der Waals surface area contributed by atoms with Crippen molar-refractivity contribution in [2.75, 3.05) is 5.32 Å². The Hall–Kier alpha value is -2.04. The van der Waals surface area contributed by atoms with Gasteiger partial charge in [0.15, 0.2) is 0 Å². The Labute approximate surface area is 144 Å². The molecule has 6 heteroatoms. The number of halogens is 2. The zero-order valence-corrected chi connectivity index (χ0v) is 14.0. The van der Waals surface area contributed by atoms with E-state index in [-0.39, 0.29) is 24.3 Å². The van der Waals surface area contributed by atoms with Crippen molar-refractivity contribution in [1.29, 1.82) is 0 Å². The molecule has 0 radical (unpaired) electrons. The second kappa shape index (κ2) is 7.99. The van der Waals surface area contributed by atoms with Gasteiger partial charge in [-0.15, -0.1) is 0 Å². The summed E-state index contributed by atoms with van der Waals surface area (Å²) in [6.45, 7) is 1.77. The molecule has 0 heterocycles. The fourth-order valence-corrected chi connectivity index (χ4v) is 2.59. The fourth-order valence-electron chi connectivity index (χ4n) is 2.06. The van der Waals surface area contributed by atoms with Crippen LogP contribution in [0.15, 0.2) is 48.5 Å². The van der Waals surface area contributed by atoms with Crippen molar-refractivity contribution < 1.29 is 9.59 Å². The first-order valence-electron chi connectivity index (χ1n) is 7.06. The summed E-state index contributed by atoms with van der Waals surface area (Å²) in [5, 5.41) is 6.38. The van der Waals surface area contributed by atoms with E-state index in [1.807, 2.05) is 6.07 Å². The van der Waals surface area contributed by atoms with Crippen LogP contribution >= 0.6 is 23.2 Å². The van der Waals surface area contributed by atoms with E-state index in [1.54, 1.807) is 49.4 Å². The minimum absolute atomic E-state index is 0.142. The summed E-state index contributed by atoms with van der Waals surface area (Å²) >= 11 is 11.8. The molecule has 2 N–H and O–H groups in total. The van der Waals surface area contributed by atoms with Gasteiger partial charge in [-0.3, -0.25) is 9.59 Å². The van der Waals surface area contributed by atoms with Crippen molar-refractivity contribution in [3.63, 3.8) is 0 Å². The van der Waals surface area contributed by atoms with Crippen LogP contribution in [0, 0.1) is 0 Å². The Balaban J connectivity index is 1.88. The lowest BCUT2D eigenvalue weighted by Gasteiger charge is -2.14. The molecule has 0 aliphatic carbocycles. The van der Waals surface area contributed by atoms with Gasteiger partial charge in [-0.2, -0.15) is 0 Å². The molecule has 1 atom stereocenters. The van der Waals surface area contributed by atoms with Crippen LogP contribution in [0.1, 0.15) is 23.7 Å². The lowest BCUT2D eigenvalue weighted by molar-refractivity contribution is -0.116. The molecule has 0 aromatic heterocycles. The van der Waals surface area contributed by atoms with Gasteiger partial charge < -0.3 is 10.6 Å². The number of hydrogen-bond acceptors (Lipinski definition) is 2. The molecule has 2 amide bonds. The largest absolute Gasteiger partial charge is 0.349 e. The Morgan fingerprint density at radius 2 is 1.65 bits per heavy atom. The zero-order valence-electron chi connectivity index (χ0n) is 12.5. The molecule has 0 fully saturated rings. The monoisotopic (exact) mass is 350 g/mol. The summed E-state index contributed by atoms with van der Waals surface area (Å²) in [5.41, 5.74) is 1.08. The van der Waals surface area contributed by atoms with Crippen molar-refractivity contribution in [3.8, 4) is 0 Å². The van der Waals surface area contributed by atoms with Crippen LogP contribution in [0.2, 0.25) is 10.0 Å². The normalized spacial score (nSPS) is 11.6. The average Bonchev–Trinajstić information content (AvgIpc) is 2.46. The molecular weight excluding hydrogens is 335 g/mol. The Morgan fingerprint density at radius 1 is 1.04 bits per heavy atom. The molecule has 0 saturated heterocycles. The molecule has 0 saturated carbocycles. The summed E-state index contributed by atoms with van der Waals surface area (Å²) in [7, 11) is 0. The van der Waals surface area contributed by atoms with Crippen molar-refractivity contribution >= 4 is 40.7 Å². The first-order valence-corrected chi connectivity index (χ1v) is 7.81. The third-order valence-electron chi connectivity index (χ3n) is 3.05. The van der Waals surface area contributed by atoms with Crippen LogP contribution in [0.5, 0.6) is 0 Å². The van der Waals surface area contributed by atoms with Gasteiger partial charge >= 0.3 is 0 Å². The molecular formula is C17H16Cl2N2O2. The number of hydrogen-bond donors (Lipinski definition) is 2. The average molecular weight is 351 g/mol. The number of rotatable bonds is 5. The first-order chi connectivity index (χ1) is 10.9. The van der Waals surface area contributed by atoms with E-state index in [9.17, 15) is 9.59 Å². The Bertz CT molecular complexity index is 685. The summed E-state index contributed by atoms with van der Waals surface area (Å²) in [6, 6.07) is 13.3. The highest BCUT2D eigenvalue weighted by atomic mass is 35.5. The standard InChI is InChI=1S/C17H16Cl2N2O2/c1-11(20-17(23)12-5-3-2-4-6-12)7-16(22)21-15-9-13(18)8-14(19)10-15/h2-6,8-11H,7H2,1H3,(H,20,23)(H,21,22)/t11-/m0/s1. The van der Waals surface area contributed by atoms with Crippen molar-refractivity contribution in [1.82, 2.24) is 5.32 Å². The van der Waals surface area contributed by atoms with Gasteiger partial charge in [0, 0.05) is 33.8 Å². The van der Waals surface area contributed by atoms with E-state index < -0.39 is 0 Å². The summed E-state index contributed by atoms with van der Waals surface area (Å²) in [5.74, 6) is -0.444. The SMILES string of the molecule is C[C@@H](CC(=O)Nc1cc(Cl)cc(Cl)c1)NC(=O)c1ccccc1. The number of benzene rings is 2. The van der Waals surface area contributed by atoms with Crippen LogP contribution in [0.25, 0.3) is 0 Å². The minimum atomic E-state index is -0.308. The maximum Gasteiger partial charge on any atom is 0.251 e. The van der Waals surface area contributed by atoms with Gasteiger partial charge in [0.2, 0.25) is 5.91 Å². The van der Waals surface area contributed by atoms with Crippen molar-refractivity contribution in [3.05, 3.63) is 64.1 Å². The maximum absolute atomic E-state index is 12.0.